The topological polar surface area (TPSA) is 64.1 Å². The van der Waals surface area contributed by atoms with Crippen LogP contribution in [0, 0.1) is 11.7 Å². The third-order valence-electron chi connectivity index (χ3n) is 8.41. The third kappa shape index (κ3) is 7.27. The van der Waals surface area contributed by atoms with Crippen molar-refractivity contribution in [2.75, 3.05) is 33.7 Å². The highest BCUT2D eigenvalue weighted by Crippen LogP contribution is 2.48. The van der Waals surface area contributed by atoms with Crippen molar-refractivity contribution in [3.05, 3.63) is 107 Å². The Morgan fingerprint density at radius 3 is 2.05 bits per heavy atom. The summed E-state index contributed by atoms with van der Waals surface area (Å²) in [7, 11) is 3.43. The summed E-state index contributed by atoms with van der Waals surface area (Å²) in [4.78, 5) is 28.3. The van der Waals surface area contributed by atoms with Gasteiger partial charge in [-0.3, -0.25) is 4.79 Å². The van der Waals surface area contributed by atoms with Gasteiger partial charge in [-0.25, -0.2) is 9.18 Å². The van der Waals surface area contributed by atoms with Gasteiger partial charge >= 0.3 is 6.09 Å². The van der Waals surface area contributed by atoms with E-state index in [2.05, 4.69) is 65.6 Å². The van der Waals surface area contributed by atoms with Gasteiger partial charge in [0.1, 0.15) is 5.82 Å². The highest BCUT2D eigenvalue weighted by atomic mass is 19.1. The fourth-order valence-electron chi connectivity index (χ4n) is 5.79. The maximum Gasteiger partial charge on any atom is 0.407 e. The number of piperidine rings is 1. The predicted molar refractivity (Wildman–Crippen MR) is 155 cm³/mol. The van der Waals surface area contributed by atoms with Crippen LogP contribution in [0.3, 0.4) is 0 Å². The van der Waals surface area contributed by atoms with E-state index in [0.29, 0.717) is 0 Å². The lowest BCUT2D eigenvalue weighted by Gasteiger charge is -2.47. The first-order valence-electron chi connectivity index (χ1n) is 14.0. The van der Waals surface area contributed by atoms with Crippen molar-refractivity contribution in [2.45, 2.75) is 44.2 Å². The van der Waals surface area contributed by atoms with Gasteiger partial charge in [0.25, 0.3) is 0 Å². The molecule has 0 radical (unpaired) electrons. The van der Waals surface area contributed by atoms with Gasteiger partial charge in [-0.05, 0) is 59.9 Å². The number of nitrogens with zero attached hydrogens (tertiary/aromatic N) is 3. The van der Waals surface area contributed by atoms with Gasteiger partial charge < -0.3 is 19.8 Å². The maximum absolute atomic E-state index is 12.5. The van der Waals surface area contributed by atoms with Gasteiger partial charge in [0.15, 0.2) is 0 Å². The van der Waals surface area contributed by atoms with Crippen molar-refractivity contribution in [2.24, 2.45) is 5.92 Å². The van der Waals surface area contributed by atoms with E-state index in [4.69, 9.17) is 5.11 Å². The fraction of sp³-hybridized carbons (Fsp3) is 0.394. The second kappa shape index (κ2) is 13.1. The molecular weight excluding hydrogens is 505 g/mol. The monoisotopic (exact) mass is 545 g/mol. The number of benzene rings is 3. The van der Waals surface area contributed by atoms with Crippen LogP contribution in [-0.4, -0.2) is 65.5 Å². The minimum absolute atomic E-state index is 0.152. The molecule has 0 aromatic heterocycles. The molecule has 5 rings (SSSR count). The van der Waals surface area contributed by atoms with Crippen molar-refractivity contribution >= 4 is 12.0 Å². The number of hydrogen-bond acceptors (Lipinski definition) is 3. The zero-order valence-electron chi connectivity index (χ0n) is 23.7. The van der Waals surface area contributed by atoms with E-state index in [1.807, 2.05) is 11.9 Å². The van der Waals surface area contributed by atoms with E-state index in [1.54, 1.807) is 19.1 Å². The molecule has 3 aromatic carbocycles. The minimum Gasteiger partial charge on any atom is -0.465 e. The lowest BCUT2D eigenvalue weighted by atomic mass is 9.79. The van der Waals surface area contributed by atoms with E-state index < -0.39 is 6.09 Å². The van der Waals surface area contributed by atoms with Crippen LogP contribution in [0.4, 0.5) is 9.18 Å². The molecule has 0 bridgehead atoms. The number of carbonyl (C=O) groups is 2. The fourth-order valence-corrected chi connectivity index (χ4v) is 5.79. The van der Waals surface area contributed by atoms with Crippen LogP contribution in [0.25, 0.3) is 0 Å². The van der Waals surface area contributed by atoms with Gasteiger partial charge in [0.05, 0.1) is 5.54 Å². The van der Waals surface area contributed by atoms with Crippen molar-refractivity contribution in [1.82, 2.24) is 14.7 Å². The van der Waals surface area contributed by atoms with Crippen molar-refractivity contribution < 1.29 is 19.1 Å². The Bertz CT molecular complexity index is 1240. The SMILES string of the molecule is CC(=O)N(C)C1(c2ccccc2)CCN(C[C@@H]2C[C@@H]2c2ccccc2)CC1.CN(Cc1ccc(F)cc1)C(=O)O. The molecule has 0 spiro atoms. The van der Waals surface area contributed by atoms with Gasteiger partial charge in [-0.15, -0.1) is 0 Å². The Kier molecular flexibility index (Phi) is 9.58. The van der Waals surface area contributed by atoms with Crippen molar-refractivity contribution in [3.63, 3.8) is 0 Å². The molecule has 1 heterocycles. The molecule has 1 aliphatic carbocycles. The van der Waals surface area contributed by atoms with Crippen LogP contribution < -0.4 is 0 Å². The molecule has 1 saturated heterocycles. The van der Waals surface area contributed by atoms with Gasteiger partial charge in [-0.1, -0.05) is 72.8 Å². The lowest BCUT2D eigenvalue weighted by molar-refractivity contribution is -0.136. The minimum atomic E-state index is -0.996. The summed E-state index contributed by atoms with van der Waals surface area (Å²) < 4.78 is 12.5. The quantitative estimate of drug-likeness (QED) is 0.384. The number of carbonyl (C=O) groups excluding carboxylic acids is 1. The Labute approximate surface area is 237 Å². The first kappa shape index (κ1) is 29.3. The lowest BCUT2D eigenvalue weighted by Crippen LogP contribution is -2.53. The smallest absolute Gasteiger partial charge is 0.407 e. The molecule has 0 unspecified atom stereocenters. The highest BCUT2D eigenvalue weighted by molar-refractivity contribution is 5.74. The summed E-state index contributed by atoms with van der Waals surface area (Å²) >= 11 is 0. The van der Waals surface area contributed by atoms with Crippen LogP contribution in [0.5, 0.6) is 0 Å². The number of likely N-dealkylation sites (tertiary alicyclic amines) is 1. The molecule has 2 atom stereocenters. The second-order valence-corrected chi connectivity index (χ2v) is 11.1. The zero-order chi connectivity index (χ0) is 28.7. The van der Waals surface area contributed by atoms with Crippen molar-refractivity contribution in [3.8, 4) is 0 Å². The van der Waals surface area contributed by atoms with Gasteiger partial charge in [0, 0.05) is 47.2 Å². The van der Waals surface area contributed by atoms with Crippen LogP contribution in [0.15, 0.2) is 84.9 Å². The maximum atomic E-state index is 12.5. The Morgan fingerprint density at radius 2 is 1.50 bits per heavy atom. The van der Waals surface area contributed by atoms with E-state index in [9.17, 15) is 14.0 Å². The highest BCUT2D eigenvalue weighted by Gasteiger charge is 2.44. The second-order valence-electron chi connectivity index (χ2n) is 11.1. The molecular formula is C33H40FN3O3. The normalized spacial score (nSPS) is 19.6. The average Bonchev–Trinajstić information content (AvgIpc) is 3.74. The Morgan fingerprint density at radius 1 is 0.925 bits per heavy atom. The number of hydrogen-bond donors (Lipinski definition) is 1. The van der Waals surface area contributed by atoms with Crippen LogP contribution in [0.2, 0.25) is 0 Å². The van der Waals surface area contributed by atoms with Gasteiger partial charge in [0.2, 0.25) is 5.91 Å². The summed E-state index contributed by atoms with van der Waals surface area (Å²) in [6.45, 7) is 5.27. The summed E-state index contributed by atoms with van der Waals surface area (Å²) in [5, 5.41) is 8.55. The van der Waals surface area contributed by atoms with Crippen LogP contribution >= 0.6 is 0 Å². The predicted octanol–water partition coefficient (Wildman–Crippen LogP) is 6.20. The molecule has 6 nitrogen and oxygen atoms in total. The molecule has 1 aliphatic heterocycles. The van der Waals surface area contributed by atoms with E-state index in [0.717, 1.165) is 48.2 Å². The first-order chi connectivity index (χ1) is 19.2. The number of amides is 2. The molecule has 2 fully saturated rings. The molecule has 212 valence electrons. The van der Waals surface area contributed by atoms with Crippen LogP contribution in [0.1, 0.15) is 48.8 Å². The summed E-state index contributed by atoms with van der Waals surface area (Å²) in [6, 6.07) is 27.3. The summed E-state index contributed by atoms with van der Waals surface area (Å²) in [6.07, 6.45) is 2.34. The Balaban J connectivity index is 0.000000240. The molecule has 3 aromatic rings. The molecule has 7 heteroatoms. The van der Waals surface area contributed by atoms with E-state index in [1.165, 1.54) is 43.3 Å². The third-order valence-corrected chi connectivity index (χ3v) is 8.41. The largest absolute Gasteiger partial charge is 0.465 e. The molecule has 2 amide bonds. The average molecular weight is 546 g/mol. The molecule has 1 saturated carbocycles. The first-order valence-corrected chi connectivity index (χ1v) is 14.0. The van der Waals surface area contributed by atoms with E-state index >= 15 is 0 Å². The molecule has 40 heavy (non-hydrogen) atoms. The summed E-state index contributed by atoms with van der Waals surface area (Å²) in [5.74, 6) is 1.37. The number of carboxylic acid groups (broad SMARTS) is 1. The number of rotatable bonds is 7. The summed E-state index contributed by atoms with van der Waals surface area (Å²) in [5.41, 5.74) is 3.38. The number of halogens is 1. The van der Waals surface area contributed by atoms with E-state index in [-0.39, 0.29) is 23.8 Å². The standard InChI is InChI=1S/C24H30N2O.C9H10FNO2/c1-19(27)25(2)24(22-11-7-4-8-12-22)13-15-26(16-14-24)18-21-17-23(21)20-9-5-3-6-10-20;1-11(9(12)13)6-7-2-4-8(10)5-3-7/h3-12,21,23H,13-18H2,1-2H3;2-5H,6H2,1H3,(H,12,13)/t21-,23+;/m0./s1. The molecule has 2 aliphatic rings. The van der Waals surface area contributed by atoms with Crippen molar-refractivity contribution in [1.29, 1.82) is 0 Å². The Hall–Kier alpha value is -3.71. The zero-order valence-corrected chi connectivity index (χ0v) is 23.7. The van der Waals surface area contributed by atoms with Crippen LogP contribution in [-0.2, 0) is 16.9 Å². The molecule has 1 N–H and O–H groups in total. The van der Waals surface area contributed by atoms with Gasteiger partial charge in [-0.2, -0.15) is 0 Å².